The molecule has 21 heavy (non-hydrogen) atoms. The van der Waals surface area contributed by atoms with Crippen molar-refractivity contribution in [1.29, 1.82) is 0 Å². The van der Waals surface area contributed by atoms with E-state index in [4.69, 9.17) is 5.11 Å². The summed E-state index contributed by atoms with van der Waals surface area (Å²) < 4.78 is 0. The summed E-state index contributed by atoms with van der Waals surface area (Å²) in [5, 5.41) is 14.0. The number of hydrogen-bond acceptors (Lipinski definition) is 3. The van der Waals surface area contributed by atoms with Crippen LogP contribution in [0.3, 0.4) is 0 Å². The van der Waals surface area contributed by atoms with Gasteiger partial charge in [0.1, 0.15) is 6.04 Å². The molecule has 0 aliphatic heterocycles. The third kappa shape index (κ3) is 8.88. The first-order chi connectivity index (χ1) is 9.42. The summed E-state index contributed by atoms with van der Waals surface area (Å²) in [5.74, 6) is -1.20. The Labute approximate surface area is 126 Å². The maximum Gasteiger partial charge on any atom is 0.315 e. The first-order valence-corrected chi connectivity index (χ1v) is 6.92. The number of carbonyl (C=O) groups is 3. The SMILES string of the molecule is CC(NC(=O)NC(CC(=O)O)CC(C)(C)C)C(=O)N(C)C. The van der Waals surface area contributed by atoms with Gasteiger partial charge in [-0.3, -0.25) is 9.59 Å². The molecular formula is C14H27N3O4. The van der Waals surface area contributed by atoms with E-state index in [-0.39, 0.29) is 17.7 Å². The van der Waals surface area contributed by atoms with Crippen LogP contribution in [0.2, 0.25) is 0 Å². The van der Waals surface area contributed by atoms with Gasteiger partial charge in [0.05, 0.1) is 6.42 Å². The van der Waals surface area contributed by atoms with Crippen molar-refractivity contribution in [2.45, 2.75) is 52.6 Å². The van der Waals surface area contributed by atoms with Crippen LogP contribution < -0.4 is 10.6 Å². The lowest BCUT2D eigenvalue weighted by molar-refractivity contribution is -0.137. The average molecular weight is 301 g/mol. The average Bonchev–Trinajstić information content (AvgIpc) is 2.23. The van der Waals surface area contributed by atoms with E-state index < -0.39 is 24.1 Å². The number of likely N-dealkylation sites (N-methyl/N-ethyl adjacent to an activating group) is 1. The maximum atomic E-state index is 11.9. The zero-order chi connectivity index (χ0) is 16.8. The van der Waals surface area contributed by atoms with E-state index in [9.17, 15) is 14.4 Å². The molecule has 7 nitrogen and oxygen atoms in total. The number of carboxylic acid groups (broad SMARTS) is 1. The van der Waals surface area contributed by atoms with Gasteiger partial charge in [0.15, 0.2) is 0 Å². The highest BCUT2D eigenvalue weighted by atomic mass is 16.4. The first kappa shape index (κ1) is 19.2. The molecule has 2 atom stereocenters. The fourth-order valence-electron chi connectivity index (χ4n) is 2.00. The highest BCUT2D eigenvalue weighted by Crippen LogP contribution is 2.22. The van der Waals surface area contributed by atoms with Gasteiger partial charge in [-0.15, -0.1) is 0 Å². The minimum absolute atomic E-state index is 0.113. The lowest BCUT2D eigenvalue weighted by atomic mass is 9.87. The van der Waals surface area contributed by atoms with E-state index >= 15 is 0 Å². The van der Waals surface area contributed by atoms with Gasteiger partial charge >= 0.3 is 12.0 Å². The van der Waals surface area contributed by atoms with Crippen molar-refractivity contribution < 1.29 is 19.5 Å². The Morgan fingerprint density at radius 3 is 2.05 bits per heavy atom. The molecule has 2 unspecified atom stereocenters. The van der Waals surface area contributed by atoms with Crippen molar-refractivity contribution in [1.82, 2.24) is 15.5 Å². The number of carboxylic acids is 1. The number of carbonyl (C=O) groups excluding carboxylic acids is 2. The standard InChI is InChI=1S/C14H27N3O4/c1-9(12(20)17(5)6)15-13(21)16-10(7-11(18)19)8-14(2,3)4/h9-10H,7-8H2,1-6H3,(H,18,19)(H2,15,16,21). The van der Waals surface area contributed by atoms with Crippen LogP contribution in [0.4, 0.5) is 4.79 Å². The Balaban J connectivity index is 4.59. The van der Waals surface area contributed by atoms with Crippen LogP contribution in [0, 0.1) is 5.41 Å². The monoisotopic (exact) mass is 301 g/mol. The molecule has 0 rings (SSSR count). The zero-order valence-corrected chi connectivity index (χ0v) is 13.7. The molecule has 0 aromatic heterocycles. The minimum Gasteiger partial charge on any atom is -0.481 e. The molecule has 3 N–H and O–H groups in total. The third-order valence-electron chi connectivity index (χ3n) is 2.77. The number of aliphatic carboxylic acids is 1. The van der Waals surface area contributed by atoms with Gasteiger partial charge in [0, 0.05) is 20.1 Å². The fourth-order valence-corrected chi connectivity index (χ4v) is 2.00. The Morgan fingerprint density at radius 1 is 1.14 bits per heavy atom. The predicted octanol–water partition coefficient (Wildman–Crippen LogP) is 1.04. The lowest BCUT2D eigenvalue weighted by Crippen LogP contribution is -2.51. The molecular weight excluding hydrogens is 274 g/mol. The normalized spacial score (nSPS) is 14.0. The highest BCUT2D eigenvalue weighted by Gasteiger charge is 2.24. The number of urea groups is 1. The number of nitrogens with one attached hydrogen (secondary N) is 2. The summed E-state index contributed by atoms with van der Waals surface area (Å²) in [6.45, 7) is 7.50. The van der Waals surface area contributed by atoms with Gasteiger partial charge < -0.3 is 20.6 Å². The summed E-state index contributed by atoms with van der Waals surface area (Å²) in [6.07, 6.45) is 0.378. The lowest BCUT2D eigenvalue weighted by Gasteiger charge is -2.26. The van der Waals surface area contributed by atoms with Crippen LogP contribution in [0.5, 0.6) is 0 Å². The summed E-state index contributed by atoms with van der Waals surface area (Å²) in [5.41, 5.74) is -0.113. The van der Waals surface area contributed by atoms with Crippen LogP contribution in [0.1, 0.15) is 40.5 Å². The molecule has 7 heteroatoms. The Kier molecular flexibility index (Phi) is 7.18. The summed E-state index contributed by atoms with van der Waals surface area (Å²) >= 11 is 0. The molecule has 0 aromatic rings. The molecule has 0 saturated heterocycles. The van der Waals surface area contributed by atoms with Crippen molar-refractivity contribution in [3.63, 3.8) is 0 Å². The van der Waals surface area contributed by atoms with Crippen molar-refractivity contribution in [3.05, 3.63) is 0 Å². The minimum atomic E-state index is -0.970. The molecule has 0 heterocycles. The van der Waals surface area contributed by atoms with E-state index in [2.05, 4.69) is 10.6 Å². The number of rotatable bonds is 6. The molecule has 0 saturated carbocycles. The summed E-state index contributed by atoms with van der Waals surface area (Å²) in [4.78, 5) is 35.8. The van der Waals surface area contributed by atoms with E-state index in [1.165, 1.54) is 4.90 Å². The van der Waals surface area contributed by atoms with E-state index in [1.54, 1.807) is 21.0 Å². The van der Waals surface area contributed by atoms with Crippen LogP contribution in [-0.2, 0) is 9.59 Å². The molecule has 0 fully saturated rings. The largest absolute Gasteiger partial charge is 0.481 e. The number of hydrogen-bond donors (Lipinski definition) is 3. The van der Waals surface area contributed by atoms with E-state index in [0.29, 0.717) is 6.42 Å². The van der Waals surface area contributed by atoms with Crippen molar-refractivity contribution in [2.24, 2.45) is 5.41 Å². The van der Waals surface area contributed by atoms with Gasteiger partial charge in [-0.2, -0.15) is 0 Å². The molecule has 0 aromatic carbocycles. The van der Waals surface area contributed by atoms with E-state index in [1.807, 2.05) is 20.8 Å². The van der Waals surface area contributed by atoms with Crippen molar-refractivity contribution in [2.75, 3.05) is 14.1 Å². The quantitative estimate of drug-likeness (QED) is 0.682. The van der Waals surface area contributed by atoms with E-state index in [0.717, 1.165) is 0 Å². The van der Waals surface area contributed by atoms with Crippen molar-refractivity contribution >= 4 is 17.9 Å². The summed E-state index contributed by atoms with van der Waals surface area (Å²) in [6, 6.07) is -1.68. The van der Waals surface area contributed by atoms with Crippen LogP contribution in [0.25, 0.3) is 0 Å². The maximum absolute atomic E-state index is 11.9. The predicted molar refractivity (Wildman–Crippen MR) is 79.9 cm³/mol. The second-order valence-electron chi connectivity index (χ2n) is 6.63. The molecule has 3 amide bonds. The van der Waals surface area contributed by atoms with Crippen LogP contribution in [0.15, 0.2) is 0 Å². The smallest absolute Gasteiger partial charge is 0.315 e. The zero-order valence-electron chi connectivity index (χ0n) is 13.7. The molecule has 0 bridgehead atoms. The van der Waals surface area contributed by atoms with Gasteiger partial charge in [-0.25, -0.2) is 4.79 Å². The van der Waals surface area contributed by atoms with Gasteiger partial charge in [-0.1, -0.05) is 20.8 Å². The molecule has 0 spiro atoms. The van der Waals surface area contributed by atoms with Crippen LogP contribution >= 0.6 is 0 Å². The number of nitrogens with zero attached hydrogens (tertiary/aromatic N) is 1. The molecule has 0 aliphatic rings. The Morgan fingerprint density at radius 2 is 1.67 bits per heavy atom. The molecule has 0 radical (unpaired) electrons. The van der Waals surface area contributed by atoms with Gasteiger partial charge in [-0.05, 0) is 18.8 Å². The Hall–Kier alpha value is -1.79. The fraction of sp³-hybridized carbons (Fsp3) is 0.786. The Bertz CT molecular complexity index is 388. The third-order valence-corrected chi connectivity index (χ3v) is 2.77. The second-order valence-corrected chi connectivity index (χ2v) is 6.63. The number of amides is 3. The highest BCUT2D eigenvalue weighted by molar-refractivity contribution is 5.86. The topological polar surface area (TPSA) is 98.7 Å². The van der Waals surface area contributed by atoms with Gasteiger partial charge in [0.2, 0.25) is 5.91 Å². The molecule has 122 valence electrons. The van der Waals surface area contributed by atoms with Crippen LogP contribution in [-0.4, -0.2) is 54.1 Å². The van der Waals surface area contributed by atoms with Gasteiger partial charge in [0.25, 0.3) is 0 Å². The first-order valence-electron chi connectivity index (χ1n) is 6.92. The van der Waals surface area contributed by atoms with Crippen molar-refractivity contribution in [3.8, 4) is 0 Å². The molecule has 0 aliphatic carbocycles. The summed E-state index contributed by atoms with van der Waals surface area (Å²) in [7, 11) is 3.20. The second kappa shape index (κ2) is 7.85.